The molecule has 1 aliphatic heterocycles. The van der Waals surface area contributed by atoms with E-state index in [0.717, 1.165) is 30.5 Å². The number of carbonyl (C=O) groups is 1. The Morgan fingerprint density at radius 3 is 2.71 bits per heavy atom. The van der Waals surface area contributed by atoms with Gasteiger partial charge in [0.05, 0.1) is 17.9 Å². The van der Waals surface area contributed by atoms with E-state index in [0.29, 0.717) is 31.6 Å². The zero-order chi connectivity index (χ0) is 19.5. The summed E-state index contributed by atoms with van der Waals surface area (Å²) >= 11 is 0. The molecule has 0 radical (unpaired) electrons. The van der Waals surface area contributed by atoms with Crippen molar-refractivity contribution < 1.29 is 23.6 Å². The lowest BCUT2D eigenvalue weighted by Gasteiger charge is -2.34. The maximum Gasteiger partial charge on any atom is 0.223 e. The van der Waals surface area contributed by atoms with Crippen LogP contribution in [0.4, 0.5) is 4.39 Å². The van der Waals surface area contributed by atoms with Gasteiger partial charge in [0.15, 0.2) is 5.76 Å². The summed E-state index contributed by atoms with van der Waals surface area (Å²) in [6.07, 6.45) is 3.82. The molecular weight excluding hydrogens is 363 g/mol. The molecule has 2 aromatic rings. The number of nitrogens with one attached hydrogen (secondary N) is 1. The van der Waals surface area contributed by atoms with Crippen LogP contribution in [0, 0.1) is 11.7 Å². The lowest BCUT2D eigenvalue weighted by Crippen LogP contribution is -2.48. The summed E-state index contributed by atoms with van der Waals surface area (Å²) in [7, 11) is 0. The number of aliphatic hydroxyl groups excluding tert-OH is 1. The van der Waals surface area contributed by atoms with Gasteiger partial charge in [-0.3, -0.25) is 4.79 Å². The van der Waals surface area contributed by atoms with Crippen LogP contribution in [-0.2, 0) is 16.0 Å². The molecule has 2 N–H and O–H groups in total. The highest BCUT2D eigenvalue weighted by Gasteiger charge is 2.32. The van der Waals surface area contributed by atoms with Crippen molar-refractivity contribution in [1.29, 1.82) is 0 Å². The zero-order valence-electron chi connectivity index (χ0n) is 15.6. The van der Waals surface area contributed by atoms with Gasteiger partial charge < -0.3 is 19.7 Å². The number of benzene rings is 1. The average Bonchev–Trinajstić information content (AvgIpc) is 3.10. The highest BCUT2D eigenvalue weighted by Crippen LogP contribution is 2.27. The van der Waals surface area contributed by atoms with E-state index < -0.39 is 12.2 Å². The zero-order valence-corrected chi connectivity index (χ0v) is 15.6. The van der Waals surface area contributed by atoms with E-state index in [-0.39, 0.29) is 23.7 Å². The van der Waals surface area contributed by atoms with Crippen molar-refractivity contribution in [2.24, 2.45) is 5.92 Å². The minimum atomic E-state index is -0.579. The second kappa shape index (κ2) is 8.41. The number of hydrogen-bond donors (Lipinski definition) is 2. The third-order valence-corrected chi connectivity index (χ3v) is 5.66. The standard InChI is InChI=1S/C21H25FN2O4/c22-15-6-4-13(5-7-15)19-11-16(24-28-19)10-17-8-9-18(25)20(27-17)12-23-21(26)14-2-1-3-14/h4-7,11,14,17-18,20,25H,1-3,8-10,12H2,(H,23,26). The van der Waals surface area contributed by atoms with Crippen LogP contribution in [0.25, 0.3) is 11.3 Å². The van der Waals surface area contributed by atoms with Crippen LogP contribution < -0.4 is 5.32 Å². The molecule has 1 saturated carbocycles. The second-order valence-corrected chi connectivity index (χ2v) is 7.71. The van der Waals surface area contributed by atoms with Gasteiger partial charge in [0, 0.05) is 30.5 Å². The minimum absolute atomic E-state index is 0.0598. The summed E-state index contributed by atoms with van der Waals surface area (Å²) in [5.74, 6) is 0.462. The molecule has 1 aromatic carbocycles. The van der Waals surface area contributed by atoms with Crippen LogP contribution in [0.2, 0.25) is 0 Å². The van der Waals surface area contributed by atoms with Crippen molar-refractivity contribution >= 4 is 5.91 Å². The number of aliphatic hydroxyl groups is 1. The summed E-state index contributed by atoms with van der Waals surface area (Å²) in [6, 6.07) is 7.88. The first-order chi connectivity index (χ1) is 13.6. The van der Waals surface area contributed by atoms with Gasteiger partial charge in [0.25, 0.3) is 0 Å². The Hall–Kier alpha value is -2.25. The maximum atomic E-state index is 13.1. The molecule has 1 saturated heterocycles. The van der Waals surface area contributed by atoms with Crippen LogP contribution >= 0.6 is 0 Å². The largest absolute Gasteiger partial charge is 0.390 e. The van der Waals surface area contributed by atoms with E-state index in [1.807, 2.05) is 6.07 Å². The molecule has 4 rings (SSSR count). The number of nitrogens with zero attached hydrogens (tertiary/aromatic N) is 1. The van der Waals surface area contributed by atoms with Crippen molar-refractivity contribution in [3.05, 3.63) is 41.8 Å². The van der Waals surface area contributed by atoms with E-state index in [1.165, 1.54) is 12.1 Å². The fourth-order valence-corrected chi connectivity index (χ4v) is 3.69. The van der Waals surface area contributed by atoms with Crippen LogP contribution in [0.3, 0.4) is 0 Å². The molecule has 6 nitrogen and oxygen atoms in total. The topological polar surface area (TPSA) is 84.6 Å². The third-order valence-electron chi connectivity index (χ3n) is 5.66. The van der Waals surface area contributed by atoms with Crippen LogP contribution in [0.5, 0.6) is 0 Å². The molecule has 1 aromatic heterocycles. The first-order valence-electron chi connectivity index (χ1n) is 9.91. The normalized spacial score (nSPS) is 25.3. The number of rotatable bonds is 6. The molecule has 2 heterocycles. The van der Waals surface area contributed by atoms with E-state index in [4.69, 9.17) is 9.26 Å². The molecule has 28 heavy (non-hydrogen) atoms. The van der Waals surface area contributed by atoms with Gasteiger partial charge in [-0.25, -0.2) is 4.39 Å². The fraction of sp³-hybridized carbons (Fsp3) is 0.524. The van der Waals surface area contributed by atoms with Crippen LogP contribution in [-0.4, -0.2) is 41.0 Å². The van der Waals surface area contributed by atoms with Crippen molar-refractivity contribution in [2.75, 3.05) is 6.54 Å². The Morgan fingerprint density at radius 1 is 1.21 bits per heavy atom. The Kier molecular flexibility index (Phi) is 5.73. The number of carbonyl (C=O) groups excluding carboxylic acids is 1. The minimum Gasteiger partial charge on any atom is -0.390 e. The van der Waals surface area contributed by atoms with Crippen molar-refractivity contribution in [3.8, 4) is 11.3 Å². The number of amides is 1. The first-order valence-corrected chi connectivity index (χ1v) is 9.91. The molecule has 1 aliphatic carbocycles. The Morgan fingerprint density at radius 2 is 2.00 bits per heavy atom. The number of ether oxygens (including phenoxy) is 1. The van der Waals surface area contributed by atoms with Gasteiger partial charge >= 0.3 is 0 Å². The van der Waals surface area contributed by atoms with E-state index >= 15 is 0 Å². The summed E-state index contributed by atoms with van der Waals surface area (Å²) in [4.78, 5) is 12.0. The predicted octanol–water partition coefficient (Wildman–Crippen LogP) is 2.85. The fourth-order valence-electron chi connectivity index (χ4n) is 3.69. The van der Waals surface area contributed by atoms with Crippen LogP contribution in [0.1, 0.15) is 37.8 Å². The van der Waals surface area contributed by atoms with Gasteiger partial charge in [-0.15, -0.1) is 0 Å². The molecule has 0 spiro atoms. The number of hydrogen-bond acceptors (Lipinski definition) is 5. The van der Waals surface area contributed by atoms with E-state index in [9.17, 15) is 14.3 Å². The molecule has 7 heteroatoms. The second-order valence-electron chi connectivity index (χ2n) is 7.71. The van der Waals surface area contributed by atoms with Gasteiger partial charge in [0.1, 0.15) is 11.9 Å². The summed E-state index contributed by atoms with van der Waals surface area (Å²) in [5, 5.41) is 17.2. The van der Waals surface area contributed by atoms with Crippen LogP contribution in [0.15, 0.2) is 34.9 Å². The van der Waals surface area contributed by atoms with E-state index in [1.54, 1.807) is 12.1 Å². The van der Waals surface area contributed by atoms with Crippen molar-refractivity contribution in [2.45, 2.75) is 56.8 Å². The van der Waals surface area contributed by atoms with Gasteiger partial charge in [0.2, 0.25) is 5.91 Å². The molecule has 0 bridgehead atoms. The summed E-state index contributed by atoms with van der Waals surface area (Å²) in [6.45, 7) is 0.326. The molecule has 2 fully saturated rings. The molecule has 1 amide bonds. The predicted molar refractivity (Wildman–Crippen MR) is 99.9 cm³/mol. The Balaban J connectivity index is 1.32. The van der Waals surface area contributed by atoms with Crippen molar-refractivity contribution in [1.82, 2.24) is 10.5 Å². The SMILES string of the molecule is O=C(NCC1OC(Cc2cc(-c3ccc(F)cc3)on2)CCC1O)C1CCC1. The number of halogens is 1. The molecule has 150 valence electrons. The summed E-state index contributed by atoms with van der Waals surface area (Å²) < 4.78 is 24.4. The first kappa shape index (κ1) is 19.1. The van der Waals surface area contributed by atoms with Gasteiger partial charge in [-0.1, -0.05) is 11.6 Å². The molecule has 3 unspecified atom stereocenters. The smallest absolute Gasteiger partial charge is 0.223 e. The molecule has 3 atom stereocenters. The third kappa shape index (κ3) is 4.42. The van der Waals surface area contributed by atoms with Gasteiger partial charge in [-0.2, -0.15) is 0 Å². The van der Waals surface area contributed by atoms with E-state index in [2.05, 4.69) is 10.5 Å². The lowest BCUT2D eigenvalue weighted by molar-refractivity contribution is -0.133. The summed E-state index contributed by atoms with van der Waals surface area (Å²) in [5.41, 5.74) is 1.51. The molecular formula is C21H25FN2O4. The van der Waals surface area contributed by atoms with Gasteiger partial charge in [-0.05, 0) is 49.9 Å². The average molecular weight is 388 g/mol. The monoisotopic (exact) mass is 388 g/mol. The quantitative estimate of drug-likeness (QED) is 0.795. The Labute approximate surface area is 163 Å². The molecule has 2 aliphatic rings. The Bertz CT molecular complexity index is 803. The maximum absolute atomic E-state index is 13.1. The highest BCUT2D eigenvalue weighted by atomic mass is 19.1. The van der Waals surface area contributed by atoms with Crippen molar-refractivity contribution in [3.63, 3.8) is 0 Å². The lowest BCUT2D eigenvalue weighted by atomic mass is 9.85. The number of aromatic nitrogens is 1. The highest BCUT2D eigenvalue weighted by molar-refractivity contribution is 5.79.